The highest BCUT2D eigenvalue weighted by atomic mass is 16.5. The molecule has 2 aliphatic carbocycles. The summed E-state index contributed by atoms with van der Waals surface area (Å²) < 4.78 is 5.87. The Morgan fingerprint density at radius 1 is 1.03 bits per heavy atom. The third-order valence-corrected chi connectivity index (χ3v) is 7.38. The average molecular weight is 447 g/mol. The van der Waals surface area contributed by atoms with Gasteiger partial charge in [0.2, 0.25) is 5.91 Å². The van der Waals surface area contributed by atoms with Crippen LogP contribution >= 0.6 is 0 Å². The highest BCUT2D eigenvalue weighted by Gasteiger charge is 2.36. The lowest BCUT2D eigenvalue weighted by Crippen LogP contribution is -2.43. The highest BCUT2D eigenvalue weighted by molar-refractivity contribution is 5.80. The van der Waals surface area contributed by atoms with Crippen LogP contribution < -0.4 is 10.1 Å². The summed E-state index contributed by atoms with van der Waals surface area (Å²) in [6.07, 6.45) is 7.57. The van der Waals surface area contributed by atoms with Crippen molar-refractivity contribution in [1.29, 1.82) is 0 Å². The van der Waals surface area contributed by atoms with E-state index in [1.54, 1.807) is 0 Å². The molecule has 1 N–H and O–H groups in total. The predicted octanol–water partition coefficient (Wildman–Crippen LogP) is 4.56. The number of fused-ring (bicyclic) bond motifs is 1. The maximum absolute atomic E-state index is 13.5. The van der Waals surface area contributed by atoms with Gasteiger partial charge in [0.1, 0.15) is 5.75 Å². The molecule has 5 rings (SSSR count). The molecule has 0 aromatic heterocycles. The number of benzene rings is 2. The summed E-state index contributed by atoms with van der Waals surface area (Å²) in [5.41, 5.74) is 4.71. The molecule has 0 radical (unpaired) electrons. The largest absolute Gasteiger partial charge is 0.484 e. The maximum atomic E-state index is 13.5. The molecule has 2 aromatic carbocycles. The summed E-state index contributed by atoms with van der Waals surface area (Å²) >= 11 is 0. The number of ether oxygens (including phenoxy) is 1. The van der Waals surface area contributed by atoms with Crippen molar-refractivity contribution < 1.29 is 14.3 Å². The lowest BCUT2D eigenvalue weighted by Gasteiger charge is -2.39. The van der Waals surface area contributed by atoms with Gasteiger partial charge in [-0.2, -0.15) is 0 Å². The molecule has 5 heteroatoms. The Morgan fingerprint density at radius 3 is 2.52 bits per heavy atom. The first-order valence-corrected chi connectivity index (χ1v) is 12.5. The van der Waals surface area contributed by atoms with Gasteiger partial charge < -0.3 is 15.0 Å². The molecule has 2 aromatic rings. The van der Waals surface area contributed by atoms with E-state index in [2.05, 4.69) is 47.5 Å². The van der Waals surface area contributed by atoms with E-state index in [4.69, 9.17) is 4.74 Å². The van der Waals surface area contributed by atoms with Crippen LogP contribution in [-0.4, -0.2) is 36.4 Å². The van der Waals surface area contributed by atoms with Crippen molar-refractivity contribution in [3.8, 4) is 5.75 Å². The number of nitrogens with one attached hydrogen (secondary N) is 1. The predicted molar refractivity (Wildman–Crippen MR) is 128 cm³/mol. The molecule has 0 unspecified atom stereocenters. The van der Waals surface area contributed by atoms with Crippen molar-refractivity contribution in [1.82, 2.24) is 10.2 Å². The van der Waals surface area contributed by atoms with Gasteiger partial charge in [-0.05, 0) is 73.8 Å². The Labute approximate surface area is 196 Å². The molecule has 2 fully saturated rings. The molecule has 5 nitrogen and oxygen atoms in total. The van der Waals surface area contributed by atoms with Crippen molar-refractivity contribution in [3.05, 3.63) is 64.7 Å². The van der Waals surface area contributed by atoms with Gasteiger partial charge in [-0.25, -0.2) is 0 Å². The fourth-order valence-corrected chi connectivity index (χ4v) is 5.22. The van der Waals surface area contributed by atoms with Crippen LogP contribution in [0.15, 0.2) is 42.5 Å². The van der Waals surface area contributed by atoms with Crippen LogP contribution in [0.25, 0.3) is 0 Å². The van der Waals surface area contributed by atoms with Gasteiger partial charge in [0.15, 0.2) is 6.61 Å². The summed E-state index contributed by atoms with van der Waals surface area (Å²) in [7, 11) is 0. The van der Waals surface area contributed by atoms with E-state index in [-0.39, 0.29) is 30.4 Å². The molecule has 1 heterocycles. The quantitative estimate of drug-likeness (QED) is 0.678. The summed E-state index contributed by atoms with van der Waals surface area (Å²) in [5, 5.41) is 2.95. The fraction of sp³-hybridized carbons (Fsp3) is 0.500. The van der Waals surface area contributed by atoms with Crippen LogP contribution in [0.1, 0.15) is 66.8 Å². The molecule has 0 spiro atoms. The Balaban J connectivity index is 1.39. The first-order valence-electron chi connectivity index (χ1n) is 12.5. The van der Waals surface area contributed by atoms with Crippen LogP contribution in [0, 0.1) is 18.8 Å². The lowest BCUT2D eigenvalue weighted by atomic mass is 9.86. The van der Waals surface area contributed by atoms with Crippen LogP contribution in [0.4, 0.5) is 0 Å². The number of nitrogens with zero attached hydrogens (tertiary/aromatic N) is 1. The molecule has 1 atom stereocenters. The standard InChI is InChI=1S/C28H34N2O3/c1-19-6-10-22(11-7-19)27-25-16-24(33-18-26(31)29-17-20-8-9-20)13-12-21(25)14-15-30(27)28(32)23-4-2-3-5-23/h6-7,10-13,16,20,23,27H,2-5,8-9,14-15,17-18H2,1H3,(H,29,31)/t27-/m0/s1. The van der Waals surface area contributed by atoms with E-state index < -0.39 is 0 Å². The number of hydrogen-bond donors (Lipinski definition) is 1. The minimum absolute atomic E-state index is 0.0193. The Bertz CT molecular complexity index is 1010. The minimum Gasteiger partial charge on any atom is -0.484 e. The Hall–Kier alpha value is -2.82. The van der Waals surface area contributed by atoms with Crippen molar-refractivity contribution in [3.63, 3.8) is 0 Å². The molecular formula is C28H34N2O3. The van der Waals surface area contributed by atoms with E-state index in [9.17, 15) is 9.59 Å². The molecule has 2 amide bonds. The highest BCUT2D eigenvalue weighted by Crippen LogP contribution is 2.39. The first kappa shape index (κ1) is 22.0. The van der Waals surface area contributed by atoms with Gasteiger partial charge in [0.05, 0.1) is 6.04 Å². The number of hydrogen-bond acceptors (Lipinski definition) is 3. The second kappa shape index (κ2) is 9.58. The van der Waals surface area contributed by atoms with Gasteiger partial charge in [0, 0.05) is 19.0 Å². The summed E-state index contributed by atoms with van der Waals surface area (Å²) in [5.74, 6) is 1.69. The molecular weight excluding hydrogens is 412 g/mol. The van der Waals surface area contributed by atoms with Crippen LogP contribution in [0.5, 0.6) is 5.75 Å². The zero-order chi connectivity index (χ0) is 22.8. The Kier molecular flexibility index (Phi) is 6.39. The zero-order valence-electron chi connectivity index (χ0n) is 19.5. The fourth-order valence-electron chi connectivity index (χ4n) is 5.22. The van der Waals surface area contributed by atoms with E-state index >= 15 is 0 Å². The monoisotopic (exact) mass is 446 g/mol. The minimum atomic E-state index is -0.116. The SMILES string of the molecule is Cc1ccc([C@H]2c3cc(OCC(=O)NCC4CC4)ccc3CCN2C(=O)C2CCCC2)cc1. The van der Waals surface area contributed by atoms with Gasteiger partial charge in [-0.1, -0.05) is 48.7 Å². The third kappa shape index (κ3) is 5.07. The molecule has 0 saturated heterocycles. The molecule has 0 bridgehead atoms. The summed E-state index contributed by atoms with van der Waals surface area (Å²) in [4.78, 5) is 27.8. The van der Waals surface area contributed by atoms with Crippen molar-refractivity contribution >= 4 is 11.8 Å². The van der Waals surface area contributed by atoms with Crippen LogP contribution in [0.2, 0.25) is 0 Å². The van der Waals surface area contributed by atoms with E-state index in [1.807, 2.05) is 12.1 Å². The lowest BCUT2D eigenvalue weighted by molar-refractivity contribution is -0.137. The molecule has 1 aliphatic heterocycles. The van der Waals surface area contributed by atoms with Crippen molar-refractivity contribution in [2.45, 2.75) is 57.9 Å². The van der Waals surface area contributed by atoms with Gasteiger partial charge in [-0.3, -0.25) is 9.59 Å². The third-order valence-electron chi connectivity index (χ3n) is 7.38. The number of carbonyl (C=O) groups excluding carboxylic acids is 2. The van der Waals surface area contributed by atoms with Crippen LogP contribution in [0.3, 0.4) is 0 Å². The maximum Gasteiger partial charge on any atom is 0.257 e. The van der Waals surface area contributed by atoms with Gasteiger partial charge in [0.25, 0.3) is 5.91 Å². The Morgan fingerprint density at radius 2 is 1.79 bits per heavy atom. The first-order chi connectivity index (χ1) is 16.1. The number of amides is 2. The van der Waals surface area contributed by atoms with E-state index in [1.165, 1.54) is 24.0 Å². The number of aryl methyl sites for hydroxylation is 1. The molecule has 3 aliphatic rings. The van der Waals surface area contributed by atoms with Crippen LogP contribution in [-0.2, 0) is 16.0 Å². The number of carbonyl (C=O) groups is 2. The van der Waals surface area contributed by atoms with Crippen molar-refractivity contribution in [2.75, 3.05) is 19.7 Å². The summed E-state index contributed by atoms with van der Waals surface area (Å²) in [6, 6.07) is 14.5. The molecule has 174 valence electrons. The molecule has 2 saturated carbocycles. The normalized spacial score (nSPS) is 20.4. The number of rotatable bonds is 7. The average Bonchev–Trinajstić information content (AvgIpc) is 3.51. The molecule has 33 heavy (non-hydrogen) atoms. The topological polar surface area (TPSA) is 58.6 Å². The van der Waals surface area contributed by atoms with Gasteiger partial charge in [-0.15, -0.1) is 0 Å². The summed E-state index contributed by atoms with van der Waals surface area (Å²) in [6.45, 7) is 3.59. The second-order valence-corrected chi connectivity index (χ2v) is 9.97. The second-order valence-electron chi connectivity index (χ2n) is 9.97. The van der Waals surface area contributed by atoms with Crippen molar-refractivity contribution in [2.24, 2.45) is 11.8 Å². The van der Waals surface area contributed by atoms with E-state index in [0.717, 1.165) is 56.3 Å². The van der Waals surface area contributed by atoms with E-state index in [0.29, 0.717) is 11.7 Å². The smallest absolute Gasteiger partial charge is 0.257 e. The zero-order valence-corrected chi connectivity index (χ0v) is 19.5. The van der Waals surface area contributed by atoms with Gasteiger partial charge >= 0.3 is 0 Å².